The van der Waals surface area contributed by atoms with E-state index >= 15 is 0 Å². The summed E-state index contributed by atoms with van der Waals surface area (Å²) >= 11 is 0. The maximum absolute atomic E-state index is 11.6. The summed E-state index contributed by atoms with van der Waals surface area (Å²) in [4.78, 5) is 11.6. The number of ether oxygens (including phenoxy) is 1. The van der Waals surface area contributed by atoms with Crippen LogP contribution in [0.3, 0.4) is 0 Å². The third-order valence-electron chi connectivity index (χ3n) is 2.74. The van der Waals surface area contributed by atoms with E-state index in [0.29, 0.717) is 12.5 Å². The van der Waals surface area contributed by atoms with Crippen molar-refractivity contribution in [2.75, 3.05) is 6.54 Å². The van der Waals surface area contributed by atoms with Crippen molar-refractivity contribution in [1.29, 1.82) is 0 Å². The molecule has 0 aliphatic rings. The van der Waals surface area contributed by atoms with Crippen molar-refractivity contribution in [3.63, 3.8) is 0 Å². The molecule has 4 heteroatoms. The Morgan fingerprint density at radius 1 is 1.10 bits per heavy atom. The van der Waals surface area contributed by atoms with Gasteiger partial charge in [-0.3, -0.25) is 0 Å². The minimum atomic E-state index is -0.462. The van der Waals surface area contributed by atoms with Crippen LogP contribution in [-0.2, 0) is 17.8 Å². The fourth-order valence-electron chi connectivity index (χ4n) is 1.77. The van der Waals surface area contributed by atoms with Gasteiger partial charge in [-0.1, -0.05) is 38.1 Å². The van der Waals surface area contributed by atoms with Gasteiger partial charge < -0.3 is 15.4 Å². The second kappa shape index (κ2) is 8.03. The molecule has 0 bridgehead atoms. The Morgan fingerprint density at radius 3 is 2.10 bits per heavy atom. The third-order valence-corrected chi connectivity index (χ3v) is 2.74. The van der Waals surface area contributed by atoms with Crippen molar-refractivity contribution < 1.29 is 9.53 Å². The van der Waals surface area contributed by atoms with Crippen LogP contribution in [0.25, 0.3) is 0 Å². The fourth-order valence-corrected chi connectivity index (χ4v) is 1.77. The van der Waals surface area contributed by atoms with Gasteiger partial charge in [0.15, 0.2) is 0 Å². The molecule has 1 aromatic rings. The number of rotatable bonds is 6. The van der Waals surface area contributed by atoms with Gasteiger partial charge >= 0.3 is 6.09 Å². The van der Waals surface area contributed by atoms with Gasteiger partial charge in [0.1, 0.15) is 5.60 Å². The number of nitrogens with one attached hydrogen (secondary N) is 2. The number of hydrogen-bond acceptors (Lipinski definition) is 3. The molecule has 0 fully saturated rings. The molecule has 1 amide bonds. The number of alkyl carbamates (subject to hydrolysis) is 1. The van der Waals surface area contributed by atoms with Crippen molar-refractivity contribution in [3.8, 4) is 0 Å². The molecular weight excluding hydrogens is 264 g/mol. The molecule has 0 heterocycles. The van der Waals surface area contributed by atoms with E-state index in [0.717, 1.165) is 18.7 Å². The normalized spacial score (nSPS) is 11.5. The first-order valence-corrected chi connectivity index (χ1v) is 7.51. The summed E-state index contributed by atoms with van der Waals surface area (Å²) in [6.45, 7) is 12.3. The molecule has 1 aromatic carbocycles. The summed E-state index contributed by atoms with van der Waals surface area (Å²) < 4.78 is 5.20. The van der Waals surface area contributed by atoms with E-state index in [2.05, 4.69) is 36.6 Å². The lowest BCUT2D eigenvalue weighted by atomic mass is 10.1. The van der Waals surface area contributed by atoms with Gasteiger partial charge in [0.25, 0.3) is 0 Å². The lowest BCUT2D eigenvalue weighted by Gasteiger charge is -2.19. The highest BCUT2D eigenvalue weighted by Crippen LogP contribution is 2.08. The molecular formula is C17H28N2O2. The van der Waals surface area contributed by atoms with Crippen LogP contribution < -0.4 is 10.6 Å². The largest absolute Gasteiger partial charge is 0.444 e. The average Bonchev–Trinajstić information content (AvgIpc) is 2.35. The predicted molar refractivity (Wildman–Crippen MR) is 86.1 cm³/mol. The molecule has 0 spiro atoms. The maximum Gasteiger partial charge on any atom is 0.407 e. The van der Waals surface area contributed by atoms with Crippen LogP contribution in [0.15, 0.2) is 24.3 Å². The highest BCUT2D eigenvalue weighted by molar-refractivity contribution is 5.67. The Hall–Kier alpha value is -1.55. The first-order valence-electron chi connectivity index (χ1n) is 7.51. The van der Waals surface area contributed by atoms with Crippen molar-refractivity contribution >= 4 is 6.09 Å². The summed E-state index contributed by atoms with van der Waals surface area (Å²) in [6.07, 6.45) is -0.384. The van der Waals surface area contributed by atoms with Gasteiger partial charge in [-0.15, -0.1) is 0 Å². The SMILES string of the molecule is CC(C)CNCc1ccc(CNC(=O)OC(C)(C)C)cc1. The van der Waals surface area contributed by atoms with E-state index in [9.17, 15) is 4.79 Å². The number of carbonyl (C=O) groups is 1. The van der Waals surface area contributed by atoms with E-state index in [4.69, 9.17) is 4.74 Å². The van der Waals surface area contributed by atoms with Crippen molar-refractivity contribution in [1.82, 2.24) is 10.6 Å². The molecule has 0 aliphatic carbocycles. The smallest absolute Gasteiger partial charge is 0.407 e. The molecule has 0 aromatic heterocycles. The van der Waals surface area contributed by atoms with Gasteiger partial charge in [-0.2, -0.15) is 0 Å². The van der Waals surface area contributed by atoms with Crippen molar-refractivity contribution in [2.24, 2.45) is 5.92 Å². The molecule has 21 heavy (non-hydrogen) atoms. The van der Waals surface area contributed by atoms with Crippen LogP contribution in [0.2, 0.25) is 0 Å². The minimum Gasteiger partial charge on any atom is -0.444 e. The van der Waals surface area contributed by atoms with E-state index in [-0.39, 0.29) is 6.09 Å². The maximum atomic E-state index is 11.6. The average molecular weight is 292 g/mol. The minimum absolute atomic E-state index is 0.384. The summed E-state index contributed by atoms with van der Waals surface area (Å²) in [5.74, 6) is 0.655. The van der Waals surface area contributed by atoms with Crippen LogP contribution in [0.5, 0.6) is 0 Å². The van der Waals surface area contributed by atoms with Crippen molar-refractivity contribution in [2.45, 2.75) is 53.3 Å². The molecule has 118 valence electrons. The zero-order chi connectivity index (χ0) is 15.9. The van der Waals surface area contributed by atoms with Gasteiger partial charge in [-0.25, -0.2) is 4.79 Å². The first kappa shape index (κ1) is 17.5. The van der Waals surface area contributed by atoms with E-state index < -0.39 is 5.60 Å². The highest BCUT2D eigenvalue weighted by atomic mass is 16.6. The molecule has 1 rings (SSSR count). The molecule has 0 atom stereocenters. The Balaban J connectivity index is 2.35. The Bertz CT molecular complexity index is 433. The quantitative estimate of drug-likeness (QED) is 0.844. The first-order chi connectivity index (χ1) is 9.76. The molecule has 2 N–H and O–H groups in total. The van der Waals surface area contributed by atoms with E-state index in [1.54, 1.807) is 0 Å². The van der Waals surface area contributed by atoms with Crippen LogP contribution >= 0.6 is 0 Å². The molecule has 0 unspecified atom stereocenters. The fraction of sp³-hybridized carbons (Fsp3) is 0.588. The van der Waals surface area contributed by atoms with Gasteiger partial charge in [0.05, 0.1) is 0 Å². The van der Waals surface area contributed by atoms with Crippen LogP contribution in [0.1, 0.15) is 45.7 Å². The zero-order valence-corrected chi connectivity index (χ0v) is 13.8. The van der Waals surface area contributed by atoms with Crippen molar-refractivity contribution in [3.05, 3.63) is 35.4 Å². The van der Waals surface area contributed by atoms with Gasteiger partial charge in [0.2, 0.25) is 0 Å². The van der Waals surface area contributed by atoms with E-state index in [1.165, 1.54) is 5.56 Å². The zero-order valence-electron chi connectivity index (χ0n) is 13.8. The number of benzene rings is 1. The second-order valence-electron chi connectivity index (χ2n) is 6.70. The van der Waals surface area contributed by atoms with Gasteiger partial charge in [-0.05, 0) is 44.4 Å². The van der Waals surface area contributed by atoms with Gasteiger partial charge in [0, 0.05) is 13.1 Å². The van der Waals surface area contributed by atoms with Crippen LogP contribution in [-0.4, -0.2) is 18.2 Å². The number of hydrogen-bond donors (Lipinski definition) is 2. The monoisotopic (exact) mass is 292 g/mol. The summed E-state index contributed by atoms with van der Waals surface area (Å²) in [7, 11) is 0. The highest BCUT2D eigenvalue weighted by Gasteiger charge is 2.15. The standard InChI is InChI=1S/C17H28N2O2/c1-13(2)10-18-11-14-6-8-15(9-7-14)12-19-16(20)21-17(3,4)5/h6-9,13,18H,10-12H2,1-5H3,(H,19,20). The number of amides is 1. The molecule has 0 saturated carbocycles. The Kier molecular flexibility index (Phi) is 6.69. The molecule has 0 radical (unpaired) electrons. The lowest BCUT2D eigenvalue weighted by molar-refractivity contribution is 0.0523. The van der Waals surface area contributed by atoms with Crippen LogP contribution in [0, 0.1) is 5.92 Å². The Labute approximate surface area is 128 Å². The predicted octanol–water partition coefficient (Wildman–Crippen LogP) is 3.46. The molecule has 0 saturated heterocycles. The lowest BCUT2D eigenvalue weighted by Crippen LogP contribution is -2.32. The topological polar surface area (TPSA) is 50.4 Å². The third kappa shape index (κ3) is 8.35. The second-order valence-corrected chi connectivity index (χ2v) is 6.70. The van der Waals surface area contributed by atoms with Crippen LogP contribution in [0.4, 0.5) is 4.79 Å². The van der Waals surface area contributed by atoms with E-state index in [1.807, 2.05) is 32.9 Å². The summed E-state index contributed by atoms with van der Waals surface area (Å²) in [6, 6.07) is 8.23. The summed E-state index contributed by atoms with van der Waals surface area (Å²) in [5.41, 5.74) is 1.85. The number of carbonyl (C=O) groups excluding carboxylic acids is 1. The Morgan fingerprint density at radius 2 is 1.62 bits per heavy atom. The molecule has 0 aliphatic heterocycles. The molecule has 4 nitrogen and oxygen atoms in total. The summed E-state index contributed by atoms with van der Waals surface area (Å²) in [5, 5.41) is 6.16.